The Morgan fingerprint density at radius 3 is 2.17 bits per heavy atom. The molecule has 0 aromatic heterocycles. The van der Waals surface area contributed by atoms with Crippen LogP contribution >= 0.6 is 0 Å². The smallest absolute Gasteiger partial charge is 0.255 e. The lowest BCUT2D eigenvalue weighted by molar-refractivity contribution is 0.0766. The van der Waals surface area contributed by atoms with Crippen LogP contribution < -0.4 is 5.32 Å². The number of carbonyl (C=O) groups is 2. The molecule has 0 bridgehead atoms. The summed E-state index contributed by atoms with van der Waals surface area (Å²) in [5, 5.41) is 2.93. The lowest BCUT2D eigenvalue weighted by atomic mass is 10.1. The molecule has 0 aliphatic carbocycles. The molecule has 148 valence electrons. The van der Waals surface area contributed by atoms with Gasteiger partial charge in [0.25, 0.3) is 11.8 Å². The molecule has 0 aliphatic rings. The summed E-state index contributed by atoms with van der Waals surface area (Å²) in [4.78, 5) is 27.4. The van der Waals surface area contributed by atoms with Gasteiger partial charge in [-0.2, -0.15) is 0 Å². The molecule has 0 aliphatic heterocycles. The number of rotatable bonds is 7. The Balaban J connectivity index is 1.73. The van der Waals surface area contributed by atoms with E-state index in [1.165, 1.54) is 5.56 Å². The van der Waals surface area contributed by atoms with Crippen molar-refractivity contribution in [3.8, 4) is 0 Å². The van der Waals surface area contributed by atoms with Gasteiger partial charge in [-0.3, -0.25) is 9.59 Å². The van der Waals surface area contributed by atoms with E-state index in [1.54, 1.807) is 18.2 Å². The van der Waals surface area contributed by atoms with Gasteiger partial charge in [-0.05, 0) is 55.7 Å². The maximum Gasteiger partial charge on any atom is 0.255 e. The summed E-state index contributed by atoms with van der Waals surface area (Å²) >= 11 is 0. The molecular weight excluding hydrogens is 360 g/mol. The van der Waals surface area contributed by atoms with E-state index in [4.69, 9.17) is 0 Å². The average molecular weight is 386 g/mol. The molecule has 1 N–H and O–H groups in total. The Morgan fingerprint density at radius 1 is 0.862 bits per heavy atom. The zero-order valence-corrected chi connectivity index (χ0v) is 16.9. The number of nitrogens with one attached hydrogen (secondary N) is 1. The van der Waals surface area contributed by atoms with E-state index in [9.17, 15) is 9.59 Å². The van der Waals surface area contributed by atoms with Crippen molar-refractivity contribution in [3.05, 3.63) is 101 Å². The van der Waals surface area contributed by atoms with Gasteiger partial charge < -0.3 is 10.2 Å². The first-order chi connectivity index (χ1) is 14.1. The Morgan fingerprint density at radius 2 is 1.52 bits per heavy atom. The maximum absolute atomic E-state index is 13.0. The van der Waals surface area contributed by atoms with Gasteiger partial charge >= 0.3 is 0 Å². The first kappa shape index (κ1) is 20.3. The number of nitrogens with zero attached hydrogens (tertiary/aromatic N) is 1. The standard InChI is InChI=1S/C25H26N2O2/c1-3-27(17-16-20-10-6-4-7-11-20)25(29)22-15-14-19(2)23(18-22)26-24(28)21-12-8-5-9-13-21/h4-15,18H,3,16-17H2,1-2H3,(H,26,28). The van der Waals surface area contributed by atoms with Crippen LogP contribution in [0.3, 0.4) is 0 Å². The fraction of sp³-hybridized carbons (Fsp3) is 0.200. The van der Waals surface area contributed by atoms with Crippen LogP contribution in [0.1, 0.15) is 38.8 Å². The minimum Gasteiger partial charge on any atom is -0.339 e. The number of likely N-dealkylation sites (N-methyl/N-ethyl adjacent to an activating group) is 1. The number of amides is 2. The van der Waals surface area contributed by atoms with Crippen molar-refractivity contribution in [2.45, 2.75) is 20.3 Å². The number of anilines is 1. The number of hydrogen-bond acceptors (Lipinski definition) is 2. The van der Waals surface area contributed by atoms with Crippen molar-refractivity contribution in [1.82, 2.24) is 4.90 Å². The van der Waals surface area contributed by atoms with Gasteiger partial charge in [0.15, 0.2) is 0 Å². The highest BCUT2D eigenvalue weighted by molar-refractivity contribution is 6.05. The van der Waals surface area contributed by atoms with Gasteiger partial charge in [0, 0.05) is 29.9 Å². The van der Waals surface area contributed by atoms with Gasteiger partial charge in [-0.15, -0.1) is 0 Å². The van der Waals surface area contributed by atoms with E-state index in [0.29, 0.717) is 29.9 Å². The van der Waals surface area contributed by atoms with Gasteiger partial charge in [0.05, 0.1) is 0 Å². The summed E-state index contributed by atoms with van der Waals surface area (Å²) in [6, 6.07) is 24.7. The summed E-state index contributed by atoms with van der Waals surface area (Å²) in [7, 11) is 0. The highest BCUT2D eigenvalue weighted by Gasteiger charge is 2.16. The van der Waals surface area contributed by atoms with Gasteiger partial charge in [0.2, 0.25) is 0 Å². The highest BCUT2D eigenvalue weighted by atomic mass is 16.2. The number of benzene rings is 3. The van der Waals surface area contributed by atoms with Crippen molar-refractivity contribution < 1.29 is 9.59 Å². The van der Waals surface area contributed by atoms with Crippen LogP contribution in [0, 0.1) is 6.92 Å². The second-order valence-electron chi connectivity index (χ2n) is 6.97. The zero-order chi connectivity index (χ0) is 20.6. The van der Waals surface area contributed by atoms with Crippen LogP contribution in [0.15, 0.2) is 78.9 Å². The molecule has 0 saturated carbocycles. The quantitative estimate of drug-likeness (QED) is 0.624. The minimum absolute atomic E-state index is 0.0290. The van der Waals surface area contributed by atoms with E-state index < -0.39 is 0 Å². The lowest BCUT2D eigenvalue weighted by Crippen LogP contribution is -2.32. The second kappa shape index (κ2) is 9.69. The summed E-state index contributed by atoms with van der Waals surface area (Å²) in [6.07, 6.45) is 0.809. The number of carbonyl (C=O) groups excluding carboxylic acids is 2. The SMILES string of the molecule is CCN(CCc1ccccc1)C(=O)c1ccc(C)c(NC(=O)c2ccccc2)c1. The molecular formula is C25H26N2O2. The van der Waals surface area contributed by atoms with E-state index in [-0.39, 0.29) is 11.8 Å². The van der Waals surface area contributed by atoms with E-state index in [2.05, 4.69) is 17.4 Å². The summed E-state index contributed by atoms with van der Waals surface area (Å²) in [6.45, 7) is 5.18. The molecule has 4 nitrogen and oxygen atoms in total. The summed E-state index contributed by atoms with van der Waals surface area (Å²) < 4.78 is 0. The molecule has 2 amide bonds. The first-order valence-electron chi connectivity index (χ1n) is 9.88. The molecule has 0 fully saturated rings. The van der Waals surface area contributed by atoms with Crippen LogP contribution in [0.25, 0.3) is 0 Å². The molecule has 0 unspecified atom stereocenters. The van der Waals surface area contributed by atoms with Crippen LogP contribution in [-0.4, -0.2) is 29.8 Å². The molecule has 0 radical (unpaired) electrons. The maximum atomic E-state index is 13.0. The molecule has 0 spiro atoms. The third-order valence-electron chi connectivity index (χ3n) is 4.95. The fourth-order valence-corrected chi connectivity index (χ4v) is 3.17. The molecule has 0 atom stereocenters. The van der Waals surface area contributed by atoms with Gasteiger partial charge in [0.1, 0.15) is 0 Å². The molecule has 0 heterocycles. The van der Waals surface area contributed by atoms with E-state index in [0.717, 1.165) is 12.0 Å². The topological polar surface area (TPSA) is 49.4 Å². The van der Waals surface area contributed by atoms with Crippen LogP contribution in [0.4, 0.5) is 5.69 Å². The Labute approximate surface area is 172 Å². The molecule has 0 saturated heterocycles. The first-order valence-corrected chi connectivity index (χ1v) is 9.88. The molecule has 29 heavy (non-hydrogen) atoms. The molecule has 4 heteroatoms. The Bertz CT molecular complexity index is 969. The van der Waals surface area contributed by atoms with Crippen molar-refractivity contribution >= 4 is 17.5 Å². The predicted octanol–water partition coefficient (Wildman–Crippen LogP) is 4.95. The predicted molar refractivity (Wildman–Crippen MR) is 117 cm³/mol. The molecule has 3 rings (SSSR count). The summed E-state index contributed by atoms with van der Waals surface area (Å²) in [5.74, 6) is -0.214. The van der Waals surface area contributed by atoms with Crippen molar-refractivity contribution in [2.24, 2.45) is 0 Å². The molecule has 3 aromatic rings. The Kier molecular flexibility index (Phi) is 6.80. The van der Waals surface area contributed by atoms with Crippen molar-refractivity contribution in [1.29, 1.82) is 0 Å². The lowest BCUT2D eigenvalue weighted by Gasteiger charge is -2.22. The van der Waals surface area contributed by atoms with Crippen LogP contribution in [0.5, 0.6) is 0 Å². The van der Waals surface area contributed by atoms with Crippen LogP contribution in [-0.2, 0) is 6.42 Å². The van der Waals surface area contributed by atoms with Crippen molar-refractivity contribution in [3.63, 3.8) is 0 Å². The van der Waals surface area contributed by atoms with E-state index in [1.807, 2.05) is 67.3 Å². The van der Waals surface area contributed by atoms with Gasteiger partial charge in [-0.1, -0.05) is 54.6 Å². The fourth-order valence-electron chi connectivity index (χ4n) is 3.17. The zero-order valence-electron chi connectivity index (χ0n) is 16.9. The number of hydrogen-bond donors (Lipinski definition) is 1. The summed E-state index contributed by atoms with van der Waals surface area (Å²) in [5.41, 5.74) is 3.94. The minimum atomic E-state index is -0.185. The molecule has 3 aromatic carbocycles. The average Bonchev–Trinajstić information content (AvgIpc) is 2.77. The van der Waals surface area contributed by atoms with Crippen molar-refractivity contribution in [2.75, 3.05) is 18.4 Å². The Hall–Kier alpha value is -3.40. The highest BCUT2D eigenvalue weighted by Crippen LogP contribution is 2.19. The normalized spacial score (nSPS) is 10.4. The largest absolute Gasteiger partial charge is 0.339 e. The third-order valence-corrected chi connectivity index (χ3v) is 4.95. The van der Waals surface area contributed by atoms with Crippen LogP contribution in [0.2, 0.25) is 0 Å². The second-order valence-corrected chi connectivity index (χ2v) is 6.97. The van der Waals surface area contributed by atoms with Gasteiger partial charge in [-0.25, -0.2) is 0 Å². The van der Waals surface area contributed by atoms with E-state index >= 15 is 0 Å². The third kappa shape index (κ3) is 5.32. The number of aryl methyl sites for hydroxylation is 1. The monoisotopic (exact) mass is 386 g/mol.